The number of carbonyl (C=O) groups is 1. The van der Waals surface area contributed by atoms with Crippen LogP contribution in [-0.2, 0) is 11.3 Å². The summed E-state index contributed by atoms with van der Waals surface area (Å²) < 4.78 is 5.31. The smallest absolute Gasteiger partial charge is 0.251 e. The molecule has 0 aromatic heterocycles. The third-order valence-electron chi connectivity index (χ3n) is 5.47. The molecule has 0 spiro atoms. The van der Waals surface area contributed by atoms with Gasteiger partial charge in [-0.1, -0.05) is 30.3 Å². The standard InChI is InChI=1S/C23H27N3O2/c1-28-15-12-23(25-22(27)21-8-3-2-4-9-21)10-13-26(14-11-23)18-20-7-5-6-19(16-20)17-24/h2-9,16H,10-15,18H2,1H3,(H,25,27). The molecule has 5 heteroatoms. The third-order valence-corrected chi connectivity index (χ3v) is 5.47. The minimum Gasteiger partial charge on any atom is -0.385 e. The molecule has 28 heavy (non-hydrogen) atoms. The molecule has 1 aliphatic rings. The fourth-order valence-electron chi connectivity index (χ4n) is 3.77. The Kier molecular flexibility index (Phi) is 6.80. The number of benzene rings is 2. The van der Waals surface area contributed by atoms with Crippen LogP contribution >= 0.6 is 0 Å². The third kappa shape index (κ3) is 5.19. The zero-order chi connectivity index (χ0) is 19.8. The lowest BCUT2D eigenvalue weighted by molar-refractivity contribution is 0.0691. The van der Waals surface area contributed by atoms with Crippen LogP contribution in [0.25, 0.3) is 0 Å². The van der Waals surface area contributed by atoms with Gasteiger partial charge in [0.05, 0.1) is 11.6 Å². The van der Waals surface area contributed by atoms with Crippen LogP contribution in [0.2, 0.25) is 0 Å². The van der Waals surface area contributed by atoms with E-state index in [0.717, 1.165) is 44.5 Å². The first kappa shape index (κ1) is 20.1. The van der Waals surface area contributed by atoms with E-state index in [1.54, 1.807) is 7.11 Å². The van der Waals surface area contributed by atoms with Gasteiger partial charge in [0.2, 0.25) is 0 Å². The molecule has 1 amide bonds. The Morgan fingerprint density at radius 2 is 1.93 bits per heavy atom. The van der Waals surface area contributed by atoms with Gasteiger partial charge in [-0.15, -0.1) is 0 Å². The fraction of sp³-hybridized carbons (Fsp3) is 0.391. The molecule has 1 fully saturated rings. The number of nitrogens with zero attached hydrogens (tertiary/aromatic N) is 2. The molecule has 1 N–H and O–H groups in total. The average Bonchev–Trinajstić information content (AvgIpc) is 2.75. The van der Waals surface area contributed by atoms with Crippen molar-refractivity contribution in [3.05, 3.63) is 71.3 Å². The van der Waals surface area contributed by atoms with E-state index in [2.05, 4.69) is 22.4 Å². The molecule has 2 aromatic rings. The normalized spacial score (nSPS) is 16.3. The van der Waals surface area contributed by atoms with Gasteiger partial charge >= 0.3 is 0 Å². The zero-order valence-corrected chi connectivity index (χ0v) is 16.4. The van der Waals surface area contributed by atoms with E-state index in [4.69, 9.17) is 10.00 Å². The lowest BCUT2D eigenvalue weighted by atomic mass is 9.84. The number of hydrogen-bond acceptors (Lipinski definition) is 4. The van der Waals surface area contributed by atoms with Crippen molar-refractivity contribution in [1.29, 1.82) is 5.26 Å². The monoisotopic (exact) mass is 377 g/mol. The number of piperidine rings is 1. The summed E-state index contributed by atoms with van der Waals surface area (Å²) in [7, 11) is 1.70. The minimum absolute atomic E-state index is 0.0214. The number of nitriles is 1. The van der Waals surface area contributed by atoms with E-state index >= 15 is 0 Å². The summed E-state index contributed by atoms with van der Waals surface area (Å²) in [6, 6.07) is 19.3. The highest BCUT2D eigenvalue weighted by Gasteiger charge is 2.35. The second-order valence-electron chi connectivity index (χ2n) is 7.43. The number of amides is 1. The summed E-state index contributed by atoms with van der Waals surface area (Å²) in [5.74, 6) is -0.0214. The Morgan fingerprint density at radius 1 is 1.18 bits per heavy atom. The summed E-state index contributed by atoms with van der Waals surface area (Å²) >= 11 is 0. The van der Waals surface area contributed by atoms with Crippen LogP contribution in [0.1, 0.15) is 40.7 Å². The van der Waals surface area contributed by atoms with Gasteiger partial charge < -0.3 is 10.1 Å². The molecular weight excluding hydrogens is 350 g/mol. The molecule has 0 saturated carbocycles. The van der Waals surface area contributed by atoms with Crippen LogP contribution in [0.4, 0.5) is 0 Å². The maximum Gasteiger partial charge on any atom is 0.251 e. The van der Waals surface area contributed by atoms with Crippen molar-refractivity contribution in [2.75, 3.05) is 26.8 Å². The van der Waals surface area contributed by atoms with E-state index in [9.17, 15) is 4.79 Å². The summed E-state index contributed by atoms with van der Waals surface area (Å²) in [6.07, 6.45) is 2.57. The molecule has 3 rings (SSSR count). The van der Waals surface area contributed by atoms with Gasteiger partial charge in [-0.2, -0.15) is 5.26 Å². The summed E-state index contributed by atoms with van der Waals surface area (Å²) in [5, 5.41) is 12.4. The summed E-state index contributed by atoms with van der Waals surface area (Å²) in [6.45, 7) is 3.24. The number of carbonyl (C=O) groups excluding carboxylic acids is 1. The van der Waals surface area contributed by atoms with Crippen LogP contribution in [0.5, 0.6) is 0 Å². The Labute approximate surface area is 166 Å². The van der Waals surface area contributed by atoms with Gasteiger partial charge in [0.25, 0.3) is 5.91 Å². The van der Waals surface area contributed by atoms with Crippen molar-refractivity contribution in [2.45, 2.75) is 31.3 Å². The molecule has 0 radical (unpaired) electrons. The number of likely N-dealkylation sites (tertiary alicyclic amines) is 1. The van der Waals surface area contributed by atoms with Gasteiger partial charge in [0.1, 0.15) is 0 Å². The van der Waals surface area contributed by atoms with Gasteiger partial charge in [-0.05, 0) is 49.1 Å². The number of methoxy groups -OCH3 is 1. The van der Waals surface area contributed by atoms with Gasteiger partial charge in [-0.3, -0.25) is 9.69 Å². The topological polar surface area (TPSA) is 65.4 Å². The Morgan fingerprint density at radius 3 is 2.61 bits per heavy atom. The fourth-order valence-corrected chi connectivity index (χ4v) is 3.77. The van der Waals surface area contributed by atoms with E-state index in [0.29, 0.717) is 17.7 Å². The summed E-state index contributed by atoms with van der Waals surface area (Å²) in [5.41, 5.74) is 2.29. The Hall–Kier alpha value is -2.68. The number of rotatable bonds is 7. The second kappa shape index (κ2) is 9.50. The first-order chi connectivity index (χ1) is 13.6. The molecule has 146 valence electrons. The predicted octanol–water partition coefficient (Wildman–Crippen LogP) is 3.36. The van der Waals surface area contributed by atoms with E-state index in [1.807, 2.05) is 48.5 Å². The number of hydrogen-bond donors (Lipinski definition) is 1. The lowest BCUT2D eigenvalue weighted by Crippen LogP contribution is -2.55. The lowest BCUT2D eigenvalue weighted by Gasteiger charge is -2.42. The maximum atomic E-state index is 12.7. The van der Waals surface area contributed by atoms with Crippen molar-refractivity contribution in [3.63, 3.8) is 0 Å². The van der Waals surface area contributed by atoms with Crippen molar-refractivity contribution < 1.29 is 9.53 Å². The highest BCUT2D eigenvalue weighted by atomic mass is 16.5. The maximum absolute atomic E-state index is 12.7. The van der Waals surface area contributed by atoms with E-state index in [-0.39, 0.29) is 11.4 Å². The predicted molar refractivity (Wildman–Crippen MR) is 109 cm³/mol. The van der Waals surface area contributed by atoms with E-state index < -0.39 is 0 Å². The van der Waals surface area contributed by atoms with Crippen molar-refractivity contribution in [1.82, 2.24) is 10.2 Å². The Bertz CT molecular complexity index is 821. The zero-order valence-electron chi connectivity index (χ0n) is 16.4. The minimum atomic E-state index is -0.242. The highest BCUT2D eigenvalue weighted by molar-refractivity contribution is 5.94. The second-order valence-corrected chi connectivity index (χ2v) is 7.43. The van der Waals surface area contributed by atoms with Gasteiger partial charge in [0.15, 0.2) is 0 Å². The van der Waals surface area contributed by atoms with Crippen molar-refractivity contribution in [3.8, 4) is 6.07 Å². The van der Waals surface area contributed by atoms with Crippen LogP contribution in [0.3, 0.4) is 0 Å². The quantitative estimate of drug-likeness (QED) is 0.804. The van der Waals surface area contributed by atoms with E-state index in [1.165, 1.54) is 0 Å². The highest BCUT2D eigenvalue weighted by Crippen LogP contribution is 2.27. The number of nitrogens with one attached hydrogen (secondary N) is 1. The average molecular weight is 377 g/mol. The Balaban J connectivity index is 1.64. The van der Waals surface area contributed by atoms with Crippen molar-refractivity contribution >= 4 is 5.91 Å². The molecule has 0 atom stereocenters. The number of ether oxygens (including phenoxy) is 1. The van der Waals surface area contributed by atoms with Crippen LogP contribution in [0, 0.1) is 11.3 Å². The van der Waals surface area contributed by atoms with Gasteiger partial charge in [-0.25, -0.2) is 0 Å². The molecule has 2 aromatic carbocycles. The summed E-state index contributed by atoms with van der Waals surface area (Å²) in [4.78, 5) is 15.1. The van der Waals surface area contributed by atoms with Crippen LogP contribution < -0.4 is 5.32 Å². The molecule has 0 unspecified atom stereocenters. The molecule has 5 nitrogen and oxygen atoms in total. The molecule has 1 heterocycles. The first-order valence-electron chi connectivity index (χ1n) is 9.72. The SMILES string of the molecule is COCCC1(NC(=O)c2ccccc2)CCN(Cc2cccc(C#N)c2)CC1. The first-order valence-corrected chi connectivity index (χ1v) is 9.72. The van der Waals surface area contributed by atoms with Crippen LogP contribution in [0.15, 0.2) is 54.6 Å². The van der Waals surface area contributed by atoms with Gasteiger partial charge in [0, 0.05) is 44.5 Å². The molecule has 1 saturated heterocycles. The van der Waals surface area contributed by atoms with Crippen LogP contribution in [-0.4, -0.2) is 43.2 Å². The molecule has 0 aliphatic carbocycles. The molecule has 0 bridgehead atoms. The largest absolute Gasteiger partial charge is 0.385 e. The molecule has 1 aliphatic heterocycles. The molecular formula is C23H27N3O2. The van der Waals surface area contributed by atoms with Crippen molar-refractivity contribution in [2.24, 2.45) is 0 Å².